The molecule has 1 aromatic carbocycles. The van der Waals surface area contributed by atoms with E-state index in [2.05, 4.69) is 9.97 Å². The molecule has 1 aliphatic carbocycles. The molecule has 0 amide bonds. The first-order valence-electron chi connectivity index (χ1n) is 8.99. The van der Waals surface area contributed by atoms with Gasteiger partial charge in [-0.15, -0.1) is 0 Å². The molecule has 3 rings (SSSR count). The zero-order valence-corrected chi connectivity index (χ0v) is 15.1. The standard InChI is InChI=1S/C18H19F6N3O2/c19-12-9(10(16(28)29)7-18(22,23)24)1-2-11-14(12)27-15(26-11)13(25)8-3-5-17(20,21)6-4-8/h1-2,8,10,13H,3-7,25H2,(H,26,27)(H,28,29). The summed E-state index contributed by atoms with van der Waals surface area (Å²) in [5.74, 6) is -8.03. The molecule has 2 aromatic rings. The topological polar surface area (TPSA) is 92.0 Å². The maximum Gasteiger partial charge on any atom is 0.390 e. The number of nitrogens with zero attached hydrogens (tertiary/aromatic N) is 1. The van der Waals surface area contributed by atoms with Crippen molar-refractivity contribution in [1.82, 2.24) is 9.97 Å². The van der Waals surface area contributed by atoms with E-state index in [1.165, 1.54) is 6.07 Å². The lowest BCUT2D eigenvalue weighted by molar-refractivity contribution is -0.157. The fourth-order valence-electron chi connectivity index (χ4n) is 3.71. The lowest BCUT2D eigenvalue weighted by Crippen LogP contribution is -2.31. The lowest BCUT2D eigenvalue weighted by atomic mass is 9.82. The number of nitrogens with two attached hydrogens (primary N) is 1. The van der Waals surface area contributed by atoms with Crippen LogP contribution in [0.3, 0.4) is 0 Å². The summed E-state index contributed by atoms with van der Waals surface area (Å²) < 4.78 is 79.5. The van der Waals surface area contributed by atoms with E-state index >= 15 is 0 Å². The number of carboxylic acid groups (broad SMARTS) is 1. The number of benzene rings is 1. The van der Waals surface area contributed by atoms with E-state index in [1.54, 1.807) is 0 Å². The van der Waals surface area contributed by atoms with Crippen molar-refractivity contribution in [2.24, 2.45) is 11.7 Å². The maximum absolute atomic E-state index is 14.8. The molecule has 1 saturated carbocycles. The van der Waals surface area contributed by atoms with Crippen LogP contribution in [0.15, 0.2) is 12.1 Å². The number of rotatable bonds is 5. The second-order valence-corrected chi connectivity index (χ2v) is 7.42. The number of nitrogens with one attached hydrogen (secondary N) is 1. The van der Waals surface area contributed by atoms with Gasteiger partial charge in [0.05, 0.1) is 23.9 Å². The molecule has 2 unspecified atom stereocenters. The molecule has 4 N–H and O–H groups in total. The summed E-state index contributed by atoms with van der Waals surface area (Å²) in [6, 6.07) is 1.42. The summed E-state index contributed by atoms with van der Waals surface area (Å²) in [5, 5.41) is 9.12. The first kappa shape index (κ1) is 21.4. The van der Waals surface area contributed by atoms with Gasteiger partial charge in [0, 0.05) is 18.4 Å². The molecular weight excluding hydrogens is 404 g/mol. The number of alkyl halides is 5. The van der Waals surface area contributed by atoms with Crippen LogP contribution in [0.25, 0.3) is 11.0 Å². The van der Waals surface area contributed by atoms with Gasteiger partial charge in [-0.1, -0.05) is 6.07 Å². The SMILES string of the molecule is NC(c1nc2c(F)c(C(CC(F)(F)F)C(=O)O)ccc2[nH]1)C1CCC(F)(F)CC1. The maximum atomic E-state index is 14.8. The van der Waals surface area contributed by atoms with Crippen LogP contribution in [0.2, 0.25) is 0 Å². The minimum atomic E-state index is -4.80. The first-order chi connectivity index (χ1) is 13.4. The van der Waals surface area contributed by atoms with Crippen LogP contribution in [0.5, 0.6) is 0 Å². The number of imidazole rings is 1. The molecular formula is C18H19F6N3O2. The van der Waals surface area contributed by atoms with Crippen molar-refractivity contribution in [3.63, 3.8) is 0 Å². The normalized spacial score (nSPS) is 20.0. The van der Waals surface area contributed by atoms with Crippen LogP contribution < -0.4 is 5.73 Å². The smallest absolute Gasteiger partial charge is 0.390 e. The molecule has 0 spiro atoms. The minimum absolute atomic E-state index is 0.119. The summed E-state index contributed by atoms with van der Waals surface area (Å²) in [7, 11) is 0. The molecule has 1 heterocycles. The highest BCUT2D eigenvalue weighted by atomic mass is 19.4. The Hall–Kier alpha value is -2.30. The highest BCUT2D eigenvalue weighted by Crippen LogP contribution is 2.41. The van der Waals surface area contributed by atoms with Crippen molar-refractivity contribution >= 4 is 17.0 Å². The van der Waals surface area contributed by atoms with Crippen molar-refractivity contribution < 1.29 is 36.2 Å². The second kappa shape index (κ2) is 7.51. The summed E-state index contributed by atoms with van der Waals surface area (Å²) in [6.07, 6.45) is -6.84. The van der Waals surface area contributed by atoms with E-state index in [9.17, 15) is 31.1 Å². The number of hydrogen-bond donors (Lipinski definition) is 3. The summed E-state index contributed by atoms with van der Waals surface area (Å²) in [5.41, 5.74) is 5.27. The van der Waals surface area contributed by atoms with Crippen LogP contribution >= 0.6 is 0 Å². The Morgan fingerprint density at radius 3 is 2.48 bits per heavy atom. The van der Waals surface area contributed by atoms with E-state index in [1.807, 2.05) is 0 Å². The molecule has 2 atom stereocenters. The molecule has 5 nitrogen and oxygen atoms in total. The van der Waals surface area contributed by atoms with Gasteiger partial charge in [-0.2, -0.15) is 13.2 Å². The van der Waals surface area contributed by atoms with Crippen LogP contribution in [0.1, 0.15) is 55.5 Å². The van der Waals surface area contributed by atoms with Crippen molar-refractivity contribution in [2.75, 3.05) is 0 Å². The van der Waals surface area contributed by atoms with Gasteiger partial charge >= 0.3 is 12.1 Å². The number of halogens is 6. The third-order valence-corrected chi connectivity index (χ3v) is 5.34. The van der Waals surface area contributed by atoms with Crippen LogP contribution in [0.4, 0.5) is 26.3 Å². The predicted molar refractivity (Wildman–Crippen MR) is 90.9 cm³/mol. The van der Waals surface area contributed by atoms with Crippen LogP contribution in [-0.2, 0) is 4.79 Å². The number of fused-ring (bicyclic) bond motifs is 1. The molecule has 1 fully saturated rings. The molecule has 0 radical (unpaired) electrons. The van der Waals surface area contributed by atoms with Crippen molar-refractivity contribution in [1.29, 1.82) is 0 Å². The Bertz CT molecular complexity index is 901. The van der Waals surface area contributed by atoms with Gasteiger partial charge < -0.3 is 15.8 Å². The third-order valence-electron chi connectivity index (χ3n) is 5.34. The number of aliphatic carboxylic acids is 1. The number of hydrogen-bond acceptors (Lipinski definition) is 3. The molecule has 0 aliphatic heterocycles. The van der Waals surface area contributed by atoms with Gasteiger partial charge in [0.15, 0.2) is 5.82 Å². The van der Waals surface area contributed by atoms with Crippen molar-refractivity contribution in [3.8, 4) is 0 Å². The quantitative estimate of drug-likeness (QED) is 0.611. The summed E-state index contributed by atoms with van der Waals surface area (Å²) in [4.78, 5) is 18.0. The van der Waals surface area contributed by atoms with E-state index in [0.717, 1.165) is 6.07 Å². The van der Waals surface area contributed by atoms with E-state index in [-0.39, 0.29) is 48.5 Å². The molecule has 29 heavy (non-hydrogen) atoms. The fraction of sp³-hybridized carbons (Fsp3) is 0.556. The van der Waals surface area contributed by atoms with Crippen LogP contribution in [-0.4, -0.2) is 33.1 Å². The number of carboxylic acids is 1. The highest BCUT2D eigenvalue weighted by Gasteiger charge is 2.39. The number of carbonyl (C=O) groups is 1. The average Bonchev–Trinajstić information content (AvgIpc) is 3.04. The first-order valence-corrected chi connectivity index (χ1v) is 8.99. The highest BCUT2D eigenvalue weighted by molar-refractivity contribution is 5.81. The molecule has 11 heteroatoms. The molecule has 160 valence electrons. The number of H-pyrrole nitrogens is 1. The van der Waals surface area contributed by atoms with Crippen molar-refractivity contribution in [2.45, 2.75) is 56.2 Å². The summed E-state index contributed by atoms with van der Waals surface area (Å²) >= 11 is 0. The zero-order valence-electron chi connectivity index (χ0n) is 15.1. The Labute approximate surface area is 161 Å². The molecule has 0 saturated heterocycles. The predicted octanol–water partition coefficient (Wildman–Crippen LogP) is 4.65. The Morgan fingerprint density at radius 2 is 1.93 bits per heavy atom. The second-order valence-electron chi connectivity index (χ2n) is 7.42. The van der Waals surface area contributed by atoms with Gasteiger partial charge in [0.2, 0.25) is 5.92 Å². The van der Waals surface area contributed by atoms with Crippen LogP contribution in [0, 0.1) is 11.7 Å². The molecule has 0 bridgehead atoms. The Kier molecular flexibility index (Phi) is 5.54. The van der Waals surface area contributed by atoms with Gasteiger partial charge in [0.25, 0.3) is 0 Å². The average molecular weight is 423 g/mol. The van der Waals surface area contributed by atoms with E-state index in [0.29, 0.717) is 0 Å². The zero-order chi connectivity index (χ0) is 21.6. The minimum Gasteiger partial charge on any atom is -0.481 e. The fourth-order valence-corrected chi connectivity index (χ4v) is 3.71. The molecule has 1 aromatic heterocycles. The van der Waals surface area contributed by atoms with E-state index < -0.39 is 47.8 Å². The Morgan fingerprint density at radius 1 is 1.31 bits per heavy atom. The monoisotopic (exact) mass is 423 g/mol. The van der Waals surface area contributed by atoms with Gasteiger partial charge in [-0.05, 0) is 24.8 Å². The van der Waals surface area contributed by atoms with Gasteiger partial charge in [-0.3, -0.25) is 4.79 Å². The largest absolute Gasteiger partial charge is 0.481 e. The van der Waals surface area contributed by atoms with Gasteiger partial charge in [0.1, 0.15) is 11.3 Å². The number of aromatic nitrogens is 2. The van der Waals surface area contributed by atoms with Crippen molar-refractivity contribution in [3.05, 3.63) is 29.3 Å². The Balaban J connectivity index is 1.91. The lowest BCUT2D eigenvalue weighted by Gasteiger charge is -2.31. The molecule has 1 aliphatic rings. The van der Waals surface area contributed by atoms with E-state index in [4.69, 9.17) is 10.8 Å². The number of aromatic amines is 1. The third kappa shape index (κ3) is 4.65. The summed E-state index contributed by atoms with van der Waals surface area (Å²) in [6.45, 7) is 0. The van der Waals surface area contributed by atoms with Gasteiger partial charge in [-0.25, -0.2) is 18.2 Å².